The van der Waals surface area contributed by atoms with Crippen LogP contribution in [0.3, 0.4) is 0 Å². The first-order chi connectivity index (χ1) is 13.9. The van der Waals surface area contributed by atoms with E-state index in [1.165, 1.54) is 19.4 Å². The highest BCUT2D eigenvalue weighted by Crippen LogP contribution is 2.26. The van der Waals surface area contributed by atoms with Gasteiger partial charge in [0, 0.05) is 16.6 Å². The topological polar surface area (TPSA) is 112 Å². The Labute approximate surface area is 179 Å². The van der Waals surface area contributed by atoms with E-state index in [-0.39, 0.29) is 24.0 Å². The lowest BCUT2D eigenvalue weighted by Gasteiger charge is -2.07. The molecule has 1 saturated heterocycles. The van der Waals surface area contributed by atoms with E-state index in [4.69, 9.17) is 4.74 Å². The third-order valence-corrected chi connectivity index (χ3v) is 5.44. The number of ether oxygens (including phenoxy) is 1. The number of phenols is 1. The monoisotopic (exact) mass is 476 g/mol. The summed E-state index contributed by atoms with van der Waals surface area (Å²) in [5, 5.41) is 22.6. The second kappa shape index (κ2) is 9.57. The number of hydrogen-bond donors (Lipinski definition) is 3. The molecule has 2 aromatic rings. The summed E-state index contributed by atoms with van der Waals surface area (Å²) >= 11 is 4.48. The Morgan fingerprint density at radius 1 is 1.34 bits per heavy atom. The number of nitrogens with one attached hydrogen (secondary N) is 2. The van der Waals surface area contributed by atoms with Crippen molar-refractivity contribution in [3.63, 3.8) is 0 Å². The summed E-state index contributed by atoms with van der Waals surface area (Å²) in [5.74, 6) is -0.206. The predicted molar refractivity (Wildman–Crippen MR) is 117 cm³/mol. The molecule has 0 unspecified atom stereocenters. The quantitative estimate of drug-likeness (QED) is 0.437. The van der Waals surface area contributed by atoms with Gasteiger partial charge in [-0.15, -0.1) is 5.10 Å². The Morgan fingerprint density at radius 2 is 2.10 bits per heavy atom. The number of nitrogens with zero attached hydrogens (tertiary/aromatic N) is 2. The first kappa shape index (κ1) is 20.9. The van der Waals surface area contributed by atoms with E-state index >= 15 is 0 Å². The molecule has 1 heterocycles. The number of amidine groups is 1. The van der Waals surface area contributed by atoms with Crippen LogP contribution in [0.25, 0.3) is 0 Å². The van der Waals surface area contributed by atoms with Crippen molar-refractivity contribution >= 4 is 56.6 Å². The molecule has 3 rings (SSSR count). The van der Waals surface area contributed by atoms with Gasteiger partial charge >= 0.3 is 0 Å². The minimum absolute atomic E-state index is 0.0183. The van der Waals surface area contributed by atoms with E-state index in [9.17, 15) is 14.7 Å². The van der Waals surface area contributed by atoms with Crippen LogP contribution in [0, 0.1) is 0 Å². The fourth-order valence-electron chi connectivity index (χ4n) is 2.42. The van der Waals surface area contributed by atoms with Crippen LogP contribution in [-0.2, 0) is 9.59 Å². The molecule has 0 radical (unpaired) electrons. The van der Waals surface area contributed by atoms with Gasteiger partial charge in [0.05, 0.1) is 13.3 Å². The molecular formula is C19H17BrN4O4S. The molecule has 2 aromatic carbocycles. The third kappa shape index (κ3) is 5.81. The van der Waals surface area contributed by atoms with Crippen LogP contribution in [0.15, 0.2) is 57.1 Å². The summed E-state index contributed by atoms with van der Waals surface area (Å²) < 4.78 is 5.94. The van der Waals surface area contributed by atoms with Crippen molar-refractivity contribution in [2.45, 2.75) is 11.7 Å². The summed E-state index contributed by atoms with van der Waals surface area (Å²) in [6.07, 6.45) is 1.49. The van der Waals surface area contributed by atoms with Crippen LogP contribution < -0.4 is 15.4 Å². The van der Waals surface area contributed by atoms with Gasteiger partial charge in [-0.25, -0.2) is 0 Å². The molecule has 0 spiro atoms. The van der Waals surface area contributed by atoms with E-state index < -0.39 is 5.25 Å². The molecule has 0 bridgehead atoms. The summed E-state index contributed by atoms with van der Waals surface area (Å²) in [7, 11) is 1.45. The Kier molecular flexibility index (Phi) is 6.89. The number of rotatable bonds is 6. The van der Waals surface area contributed by atoms with Gasteiger partial charge in [0.2, 0.25) is 11.8 Å². The molecule has 1 aliphatic rings. The van der Waals surface area contributed by atoms with Crippen LogP contribution in [0.5, 0.6) is 11.5 Å². The molecule has 150 valence electrons. The second-order valence-corrected chi connectivity index (χ2v) is 8.04. The van der Waals surface area contributed by atoms with Crippen molar-refractivity contribution in [3.8, 4) is 11.5 Å². The van der Waals surface area contributed by atoms with E-state index in [1.54, 1.807) is 24.3 Å². The third-order valence-electron chi connectivity index (χ3n) is 3.83. The van der Waals surface area contributed by atoms with Crippen molar-refractivity contribution in [1.82, 2.24) is 5.32 Å². The normalized spacial score (nSPS) is 17.5. The molecule has 3 N–H and O–H groups in total. The Morgan fingerprint density at radius 3 is 2.83 bits per heavy atom. The number of amides is 2. The van der Waals surface area contributed by atoms with Crippen molar-refractivity contribution in [2.75, 3.05) is 12.4 Å². The number of carbonyl (C=O) groups is 2. The van der Waals surface area contributed by atoms with Gasteiger partial charge in [-0.2, -0.15) is 5.10 Å². The summed E-state index contributed by atoms with van der Waals surface area (Å²) in [6, 6.07) is 11.9. The minimum atomic E-state index is -0.576. The molecule has 10 heteroatoms. The van der Waals surface area contributed by atoms with Crippen molar-refractivity contribution < 1.29 is 19.4 Å². The van der Waals surface area contributed by atoms with E-state index in [0.717, 1.165) is 16.2 Å². The standard InChI is InChI=1S/C19H17BrN4O4S/c1-28-15-8-11(2-7-14(15)25)10-21-24-19-23-18(27)16(29-19)9-17(26)22-13-5-3-12(20)4-6-13/h2-8,10,16,25H,9H2,1H3,(H,22,26)(H,23,24,27)/b21-10-/t16-/m0/s1. The lowest BCUT2D eigenvalue weighted by Crippen LogP contribution is -2.28. The number of benzene rings is 2. The SMILES string of the molecule is COc1cc(/C=N\N=C2\NC(=O)[C@H](CC(=O)Nc3ccc(Br)cc3)S2)ccc1O. The fourth-order valence-corrected chi connectivity index (χ4v) is 3.61. The van der Waals surface area contributed by atoms with Crippen molar-refractivity contribution in [1.29, 1.82) is 0 Å². The number of thioether (sulfide) groups is 1. The average molecular weight is 477 g/mol. The first-order valence-corrected chi connectivity index (χ1v) is 10.1. The molecular weight excluding hydrogens is 460 g/mol. The van der Waals surface area contributed by atoms with Crippen LogP contribution in [-0.4, -0.2) is 40.7 Å². The highest BCUT2D eigenvalue weighted by Gasteiger charge is 2.32. The van der Waals surface area contributed by atoms with Crippen LogP contribution in [0.4, 0.5) is 5.69 Å². The zero-order chi connectivity index (χ0) is 20.8. The van der Waals surface area contributed by atoms with Crippen LogP contribution in [0.1, 0.15) is 12.0 Å². The average Bonchev–Trinajstić information content (AvgIpc) is 3.04. The Balaban J connectivity index is 1.56. The fraction of sp³-hybridized carbons (Fsp3) is 0.158. The Hall–Kier alpha value is -2.85. The largest absolute Gasteiger partial charge is 0.504 e. The zero-order valence-electron chi connectivity index (χ0n) is 15.3. The van der Waals surface area contributed by atoms with Gasteiger partial charge in [-0.05, 0) is 48.0 Å². The number of methoxy groups -OCH3 is 1. The maximum atomic E-state index is 12.2. The smallest absolute Gasteiger partial charge is 0.240 e. The molecule has 0 aliphatic carbocycles. The summed E-state index contributed by atoms with van der Waals surface area (Å²) in [4.78, 5) is 24.3. The highest BCUT2D eigenvalue weighted by atomic mass is 79.9. The maximum absolute atomic E-state index is 12.2. The molecule has 8 nitrogen and oxygen atoms in total. The first-order valence-electron chi connectivity index (χ1n) is 8.45. The van der Waals surface area contributed by atoms with Gasteiger partial charge in [-0.3, -0.25) is 9.59 Å². The zero-order valence-corrected chi connectivity index (χ0v) is 17.7. The van der Waals surface area contributed by atoms with Crippen LogP contribution >= 0.6 is 27.7 Å². The second-order valence-electron chi connectivity index (χ2n) is 5.94. The van der Waals surface area contributed by atoms with Crippen LogP contribution in [0.2, 0.25) is 0 Å². The van der Waals surface area contributed by atoms with Crippen molar-refractivity contribution in [3.05, 3.63) is 52.5 Å². The molecule has 29 heavy (non-hydrogen) atoms. The van der Waals surface area contributed by atoms with Gasteiger partial charge in [-0.1, -0.05) is 27.7 Å². The van der Waals surface area contributed by atoms with E-state index in [2.05, 4.69) is 36.8 Å². The molecule has 1 atom stereocenters. The van der Waals surface area contributed by atoms with E-state index in [1.807, 2.05) is 12.1 Å². The predicted octanol–water partition coefficient (Wildman–Crippen LogP) is 3.11. The Bertz CT molecular complexity index is 979. The van der Waals surface area contributed by atoms with Gasteiger partial charge in [0.15, 0.2) is 16.7 Å². The molecule has 0 saturated carbocycles. The number of hydrogen-bond acceptors (Lipinski definition) is 7. The summed E-state index contributed by atoms with van der Waals surface area (Å²) in [5.41, 5.74) is 1.33. The minimum Gasteiger partial charge on any atom is -0.504 e. The maximum Gasteiger partial charge on any atom is 0.240 e. The number of carbonyl (C=O) groups excluding carboxylic acids is 2. The molecule has 2 amide bonds. The molecule has 1 fully saturated rings. The van der Waals surface area contributed by atoms with E-state index in [0.29, 0.717) is 22.2 Å². The molecule has 1 aliphatic heterocycles. The number of phenolic OH excluding ortho intramolecular Hbond substituents is 1. The van der Waals surface area contributed by atoms with Gasteiger partial charge < -0.3 is 20.5 Å². The molecule has 0 aromatic heterocycles. The number of anilines is 1. The van der Waals surface area contributed by atoms with Gasteiger partial charge in [0.25, 0.3) is 0 Å². The lowest BCUT2D eigenvalue weighted by atomic mass is 10.2. The lowest BCUT2D eigenvalue weighted by molar-refractivity contribution is -0.122. The number of aromatic hydroxyl groups is 1. The highest BCUT2D eigenvalue weighted by molar-refractivity contribution is 9.10. The summed E-state index contributed by atoms with van der Waals surface area (Å²) in [6.45, 7) is 0. The van der Waals surface area contributed by atoms with Crippen molar-refractivity contribution in [2.24, 2.45) is 10.2 Å². The number of halogens is 1. The van der Waals surface area contributed by atoms with Gasteiger partial charge in [0.1, 0.15) is 5.25 Å².